The van der Waals surface area contributed by atoms with E-state index < -0.39 is 0 Å². The minimum Gasteiger partial charge on any atom is -0.292 e. The molecule has 2 aromatic carbocycles. The minimum absolute atomic E-state index is 0.0138. The molecule has 0 amide bonds. The monoisotopic (exact) mass is 479 g/mol. The molecule has 4 rings (SSSR count). The Labute approximate surface area is 176 Å². The Hall–Kier alpha value is -2.80. The number of nitrogens with zero attached hydrogens (tertiary/aromatic N) is 3. The first-order valence-electron chi connectivity index (χ1n) is 9.04. The van der Waals surface area contributed by atoms with Crippen LogP contribution in [0.2, 0.25) is 0 Å². The molecule has 5 heteroatoms. The topological polar surface area (TPSA) is 47.8 Å². The predicted molar refractivity (Wildman–Crippen MR) is 122 cm³/mol. The summed E-state index contributed by atoms with van der Waals surface area (Å²) in [5.74, 6) is 0.639. The highest BCUT2D eigenvalue weighted by Crippen LogP contribution is 2.15. The van der Waals surface area contributed by atoms with E-state index in [1.54, 1.807) is 10.8 Å². The highest BCUT2D eigenvalue weighted by atomic mass is 127. The molecule has 0 fully saturated rings. The van der Waals surface area contributed by atoms with Crippen molar-refractivity contribution in [2.75, 3.05) is 0 Å². The molecule has 0 saturated heterocycles. The highest BCUT2D eigenvalue weighted by molar-refractivity contribution is 14.1. The van der Waals surface area contributed by atoms with Crippen molar-refractivity contribution in [1.29, 1.82) is 0 Å². The first kappa shape index (κ1) is 18.6. The zero-order chi connectivity index (χ0) is 19.3. The zero-order valence-corrected chi connectivity index (χ0v) is 17.3. The van der Waals surface area contributed by atoms with Gasteiger partial charge in [-0.25, -0.2) is 4.98 Å². The SMILES string of the molecule is O=c1c2cc(I)ccc2nc(C=Cc2ccccn2)n1CCc1ccccc1. The van der Waals surface area contributed by atoms with Crippen molar-refractivity contribution in [3.05, 3.63) is 104 Å². The van der Waals surface area contributed by atoms with E-state index in [2.05, 4.69) is 39.7 Å². The number of pyridine rings is 1. The molecule has 0 bridgehead atoms. The van der Waals surface area contributed by atoms with Crippen LogP contribution in [0.5, 0.6) is 0 Å². The highest BCUT2D eigenvalue weighted by Gasteiger charge is 2.10. The second-order valence-corrected chi connectivity index (χ2v) is 7.66. The van der Waals surface area contributed by atoms with Gasteiger partial charge in [-0.2, -0.15) is 0 Å². The first-order valence-corrected chi connectivity index (χ1v) is 10.1. The Morgan fingerprint density at radius 2 is 1.79 bits per heavy atom. The summed E-state index contributed by atoms with van der Waals surface area (Å²) < 4.78 is 2.78. The number of fused-ring (bicyclic) bond motifs is 1. The summed E-state index contributed by atoms with van der Waals surface area (Å²) >= 11 is 2.22. The van der Waals surface area contributed by atoms with Crippen LogP contribution in [0.15, 0.2) is 77.7 Å². The van der Waals surface area contributed by atoms with Crippen LogP contribution in [0.25, 0.3) is 23.1 Å². The molecule has 2 heterocycles. The number of aromatic nitrogens is 3. The van der Waals surface area contributed by atoms with Gasteiger partial charge in [0.15, 0.2) is 0 Å². The number of rotatable bonds is 5. The summed E-state index contributed by atoms with van der Waals surface area (Å²) in [6.45, 7) is 0.569. The Kier molecular flexibility index (Phi) is 5.62. The predicted octanol–water partition coefficient (Wildman–Crippen LogP) is 4.81. The zero-order valence-electron chi connectivity index (χ0n) is 15.1. The third-order valence-electron chi connectivity index (χ3n) is 4.50. The van der Waals surface area contributed by atoms with Crippen LogP contribution in [-0.2, 0) is 13.0 Å². The standard InChI is InChI=1S/C23H18IN3O/c24-18-9-11-21-20(16-18)23(28)27(15-13-17-6-2-1-3-7-17)22(26-21)12-10-19-8-4-5-14-25-19/h1-12,14,16H,13,15H2. The van der Waals surface area contributed by atoms with Gasteiger partial charge in [-0.05, 0) is 77.1 Å². The average molecular weight is 479 g/mol. The molecule has 0 spiro atoms. The molecule has 0 aliphatic carbocycles. The van der Waals surface area contributed by atoms with Crippen LogP contribution in [0.3, 0.4) is 0 Å². The Morgan fingerprint density at radius 3 is 2.57 bits per heavy atom. The van der Waals surface area contributed by atoms with Crippen molar-refractivity contribution >= 4 is 45.6 Å². The Morgan fingerprint density at radius 1 is 0.964 bits per heavy atom. The van der Waals surface area contributed by atoms with Crippen LogP contribution in [0.1, 0.15) is 17.1 Å². The number of hydrogen-bond donors (Lipinski definition) is 0. The van der Waals surface area contributed by atoms with Gasteiger partial charge in [-0.1, -0.05) is 36.4 Å². The maximum atomic E-state index is 13.2. The van der Waals surface area contributed by atoms with E-state index in [9.17, 15) is 4.79 Å². The molecule has 28 heavy (non-hydrogen) atoms. The van der Waals surface area contributed by atoms with Crippen LogP contribution < -0.4 is 5.56 Å². The average Bonchev–Trinajstić information content (AvgIpc) is 2.74. The van der Waals surface area contributed by atoms with E-state index in [-0.39, 0.29) is 5.56 Å². The van der Waals surface area contributed by atoms with E-state index in [4.69, 9.17) is 4.98 Å². The normalized spacial score (nSPS) is 11.3. The molecular weight excluding hydrogens is 461 g/mol. The molecule has 4 aromatic rings. The number of hydrogen-bond acceptors (Lipinski definition) is 3. The maximum Gasteiger partial charge on any atom is 0.261 e. The molecule has 0 unspecified atom stereocenters. The largest absolute Gasteiger partial charge is 0.292 e. The van der Waals surface area contributed by atoms with E-state index >= 15 is 0 Å². The van der Waals surface area contributed by atoms with Crippen LogP contribution >= 0.6 is 22.6 Å². The lowest BCUT2D eigenvalue weighted by Crippen LogP contribution is -2.25. The third-order valence-corrected chi connectivity index (χ3v) is 5.17. The fourth-order valence-corrected chi connectivity index (χ4v) is 3.56. The molecule has 0 aliphatic heterocycles. The molecule has 138 valence electrons. The van der Waals surface area contributed by atoms with Crippen molar-refractivity contribution in [2.24, 2.45) is 0 Å². The van der Waals surface area contributed by atoms with E-state index in [0.717, 1.165) is 15.7 Å². The van der Waals surface area contributed by atoms with Crippen molar-refractivity contribution < 1.29 is 0 Å². The van der Waals surface area contributed by atoms with E-state index in [1.807, 2.05) is 66.7 Å². The molecule has 4 nitrogen and oxygen atoms in total. The molecule has 2 aromatic heterocycles. The fraction of sp³-hybridized carbons (Fsp3) is 0.0870. The molecule has 0 saturated carbocycles. The van der Waals surface area contributed by atoms with Gasteiger partial charge in [0.05, 0.1) is 16.6 Å². The van der Waals surface area contributed by atoms with E-state index in [1.165, 1.54) is 5.56 Å². The van der Waals surface area contributed by atoms with Gasteiger partial charge in [0.2, 0.25) is 0 Å². The quantitative estimate of drug-likeness (QED) is 0.386. The summed E-state index contributed by atoms with van der Waals surface area (Å²) in [4.78, 5) is 22.3. The second-order valence-electron chi connectivity index (χ2n) is 6.41. The second kappa shape index (κ2) is 8.48. The summed E-state index contributed by atoms with van der Waals surface area (Å²) in [6.07, 6.45) is 6.27. The third kappa shape index (κ3) is 4.20. The summed E-state index contributed by atoms with van der Waals surface area (Å²) in [5, 5.41) is 0.648. The molecular formula is C23H18IN3O. The smallest absolute Gasteiger partial charge is 0.261 e. The van der Waals surface area contributed by atoms with Gasteiger partial charge < -0.3 is 0 Å². The van der Waals surface area contributed by atoms with Gasteiger partial charge in [0.25, 0.3) is 5.56 Å². The van der Waals surface area contributed by atoms with Crippen molar-refractivity contribution in [1.82, 2.24) is 14.5 Å². The van der Waals surface area contributed by atoms with Crippen molar-refractivity contribution in [2.45, 2.75) is 13.0 Å². The van der Waals surface area contributed by atoms with Crippen LogP contribution in [-0.4, -0.2) is 14.5 Å². The van der Waals surface area contributed by atoms with Gasteiger partial charge in [0, 0.05) is 16.3 Å². The Bertz CT molecular complexity index is 1190. The minimum atomic E-state index is -0.0138. The summed E-state index contributed by atoms with van der Waals surface area (Å²) in [6, 6.07) is 21.7. The van der Waals surface area contributed by atoms with Crippen LogP contribution in [0.4, 0.5) is 0 Å². The fourth-order valence-electron chi connectivity index (χ4n) is 3.07. The molecule has 0 radical (unpaired) electrons. The van der Waals surface area contributed by atoms with Gasteiger partial charge in [-0.15, -0.1) is 0 Å². The first-order chi connectivity index (χ1) is 13.7. The lowest BCUT2D eigenvalue weighted by atomic mass is 10.1. The van der Waals surface area contributed by atoms with Crippen molar-refractivity contribution in [3.63, 3.8) is 0 Å². The van der Waals surface area contributed by atoms with Gasteiger partial charge >= 0.3 is 0 Å². The molecule has 0 atom stereocenters. The van der Waals surface area contributed by atoms with Gasteiger partial charge in [-0.3, -0.25) is 14.3 Å². The number of halogens is 1. The van der Waals surface area contributed by atoms with Crippen molar-refractivity contribution in [3.8, 4) is 0 Å². The summed E-state index contributed by atoms with van der Waals surface area (Å²) in [7, 11) is 0. The number of benzene rings is 2. The molecule has 0 N–H and O–H groups in total. The van der Waals surface area contributed by atoms with Crippen LogP contribution in [0, 0.1) is 3.57 Å². The maximum absolute atomic E-state index is 13.2. The summed E-state index contributed by atoms with van der Waals surface area (Å²) in [5.41, 5.74) is 2.72. The molecule has 0 aliphatic rings. The lowest BCUT2D eigenvalue weighted by molar-refractivity contribution is 0.655. The Balaban J connectivity index is 1.78. The number of aryl methyl sites for hydroxylation is 1. The van der Waals surface area contributed by atoms with Gasteiger partial charge in [0.1, 0.15) is 5.82 Å². The van der Waals surface area contributed by atoms with E-state index in [0.29, 0.717) is 23.3 Å². The lowest BCUT2D eigenvalue weighted by Gasteiger charge is -2.12.